The van der Waals surface area contributed by atoms with Gasteiger partial charge in [0.2, 0.25) is 0 Å². The second kappa shape index (κ2) is 3.59. The van der Waals surface area contributed by atoms with Crippen molar-refractivity contribution in [2.24, 2.45) is 0 Å². The topological polar surface area (TPSA) is 63.6 Å². The molecule has 0 rings (SSSR count). The van der Waals surface area contributed by atoms with Crippen LogP contribution < -0.4 is 0 Å². The molecule has 0 aromatic carbocycles. The van der Waals surface area contributed by atoms with Crippen LogP contribution in [0.15, 0.2) is 0 Å². The highest BCUT2D eigenvalue weighted by atomic mass is 32.2. The van der Waals surface area contributed by atoms with E-state index in [9.17, 15) is 30.4 Å². The summed E-state index contributed by atoms with van der Waals surface area (Å²) in [5, 5.41) is 0. The zero-order valence-corrected chi connectivity index (χ0v) is 7.36. The highest BCUT2D eigenvalue weighted by molar-refractivity contribution is 7.86. The van der Waals surface area contributed by atoms with Crippen molar-refractivity contribution in [3.8, 4) is 0 Å². The standard InChI is InChI=1S/C4H5F5O4S/c1-2(14(10,11)12)13-4(8,9)3(5,6)7/h2H,1H3,(H,10,11,12). The molecule has 0 amide bonds. The fourth-order valence-corrected chi connectivity index (χ4v) is 0.579. The quantitative estimate of drug-likeness (QED) is 0.602. The predicted molar refractivity (Wildman–Crippen MR) is 33.1 cm³/mol. The van der Waals surface area contributed by atoms with Gasteiger partial charge >= 0.3 is 12.3 Å². The Kier molecular flexibility index (Phi) is 3.46. The van der Waals surface area contributed by atoms with E-state index in [0.717, 1.165) is 0 Å². The number of hydrogen-bond acceptors (Lipinski definition) is 3. The molecule has 0 fully saturated rings. The van der Waals surface area contributed by atoms with Crippen molar-refractivity contribution in [2.75, 3.05) is 0 Å². The van der Waals surface area contributed by atoms with Crippen LogP contribution in [0.2, 0.25) is 0 Å². The lowest BCUT2D eigenvalue weighted by Crippen LogP contribution is -2.43. The van der Waals surface area contributed by atoms with Crippen LogP contribution in [0, 0.1) is 0 Å². The fourth-order valence-electron chi connectivity index (χ4n) is 0.336. The van der Waals surface area contributed by atoms with E-state index in [1.807, 2.05) is 0 Å². The predicted octanol–water partition coefficient (Wildman–Crippen LogP) is 1.39. The maximum absolute atomic E-state index is 12.0. The lowest BCUT2D eigenvalue weighted by Gasteiger charge is -2.21. The van der Waals surface area contributed by atoms with Gasteiger partial charge in [0.15, 0.2) is 5.44 Å². The smallest absolute Gasteiger partial charge is 0.291 e. The van der Waals surface area contributed by atoms with E-state index in [2.05, 4.69) is 4.74 Å². The van der Waals surface area contributed by atoms with Gasteiger partial charge in [0.05, 0.1) is 0 Å². The molecule has 1 atom stereocenters. The molecule has 0 aliphatic rings. The molecule has 0 radical (unpaired) electrons. The summed E-state index contributed by atoms with van der Waals surface area (Å²) >= 11 is 0. The summed E-state index contributed by atoms with van der Waals surface area (Å²) in [6.45, 7) is 0.342. The molecule has 1 N–H and O–H groups in total. The number of halogens is 5. The van der Waals surface area contributed by atoms with E-state index < -0.39 is 27.8 Å². The van der Waals surface area contributed by atoms with Gasteiger partial charge in [-0.3, -0.25) is 9.29 Å². The van der Waals surface area contributed by atoms with E-state index in [1.54, 1.807) is 0 Å². The lowest BCUT2D eigenvalue weighted by atomic mass is 10.6. The SMILES string of the molecule is CC(OC(F)(F)C(F)(F)F)S(=O)(=O)O. The number of rotatable bonds is 3. The van der Waals surface area contributed by atoms with Crippen molar-refractivity contribution >= 4 is 10.1 Å². The highest BCUT2D eigenvalue weighted by Crippen LogP contribution is 2.37. The summed E-state index contributed by atoms with van der Waals surface area (Å²) in [4.78, 5) is 0. The van der Waals surface area contributed by atoms with Gasteiger partial charge in [-0.1, -0.05) is 0 Å². The van der Waals surface area contributed by atoms with Gasteiger partial charge in [0.1, 0.15) is 0 Å². The largest absolute Gasteiger partial charge is 0.483 e. The molecular weight excluding hydrogens is 239 g/mol. The summed E-state index contributed by atoms with van der Waals surface area (Å²) in [5.41, 5.74) is -2.67. The molecule has 0 aliphatic carbocycles. The van der Waals surface area contributed by atoms with Gasteiger partial charge in [-0.2, -0.15) is 30.4 Å². The number of ether oxygens (including phenoxy) is 1. The molecule has 0 aliphatic heterocycles. The molecule has 14 heavy (non-hydrogen) atoms. The molecule has 0 heterocycles. The molecule has 0 saturated heterocycles. The van der Waals surface area contributed by atoms with Crippen LogP contribution in [0.3, 0.4) is 0 Å². The minimum Gasteiger partial charge on any atom is -0.291 e. The molecule has 0 spiro atoms. The van der Waals surface area contributed by atoms with Crippen LogP contribution >= 0.6 is 0 Å². The van der Waals surface area contributed by atoms with Crippen LogP contribution in [0.5, 0.6) is 0 Å². The van der Waals surface area contributed by atoms with Crippen molar-refractivity contribution in [3.63, 3.8) is 0 Å². The van der Waals surface area contributed by atoms with Crippen molar-refractivity contribution in [1.29, 1.82) is 0 Å². The number of hydrogen-bond donors (Lipinski definition) is 1. The molecule has 10 heteroatoms. The second-order valence-corrected chi connectivity index (χ2v) is 3.91. The molecule has 0 bridgehead atoms. The molecular formula is C4H5F5O4S. The van der Waals surface area contributed by atoms with Gasteiger partial charge in [0.25, 0.3) is 10.1 Å². The monoisotopic (exact) mass is 244 g/mol. The summed E-state index contributed by atoms with van der Waals surface area (Å²) in [6.07, 6.45) is -11.7. The average molecular weight is 244 g/mol. The Morgan fingerprint density at radius 3 is 1.79 bits per heavy atom. The van der Waals surface area contributed by atoms with Gasteiger partial charge in [-0.15, -0.1) is 0 Å². The Labute approximate surface area is 75.4 Å². The van der Waals surface area contributed by atoms with Gasteiger partial charge in [-0.05, 0) is 6.92 Å². The zero-order valence-electron chi connectivity index (χ0n) is 6.55. The lowest BCUT2D eigenvalue weighted by molar-refractivity contribution is -0.394. The second-order valence-electron chi connectivity index (χ2n) is 2.21. The normalized spacial score (nSPS) is 16.8. The van der Waals surface area contributed by atoms with Crippen molar-refractivity contribution in [1.82, 2.24) is 0 Å². The summed E-state index contributed by atoms with van der Waals surface area (Å²) < 4.78 is 89.3. The van der Waals surface area contributed by atoms with E-state index in [0.29, 0.717) is 6.92 Å². The highest BCUT2D eigenvalue weighted by Gasteiger charge is 2.61. The minimum absolute atomic E-state index is 0.342. The molecule has 0 aromatic heterocycles. The Morgan fingerprint density at radius 2 is 1.57 bits per heavy atom. The molecule has 0 aromatic rings. The van der Waals surface area contributed by atoms with Crippen LogP contribution in [0.1, 0.15) is 6.92 Å². The van der Waals surface area contributed by atoms with Crippen molar-refractivity contribution in [3.05, 3.63) is 0 Å². The Balaban J connectivity index is 4.70. The third kappa shape index (κ3) is 3.35. The van der Waals surface area contributed by atoms with Crippen LogP contribution in [-0.4, -0.2) is 30.7 Å². The first kappa shape index (κ1) is 13.5. The fraction of sp³-hybridized carbons (Fsp3) is 1.00. The Bertz CT molecular complexity index is 293. The van der Waals surface area contributed by atoms with Gasteiger partial charge in [0, 0.05) is 0 Å². The maximum Gasteiger partial charge on any atom is 0.483 e. The molecule has 4 nitrogen and oxygen atoms in total. The third-order valence-electron chi connectivity index (χ3n) is 1.06. The summed E-state index contributed by atoms with van der Waals surface area (Å²) in [6, 6.07) is 0. The molecule has 1 unspecified atom stereocenters. The minimum atomic E-state index is -6.04. The first-order chi connectivity index (χ1) is 5.88. The molecule has 86 valence electrons. The first-order valence-corrected chi connectivity index (χ1v) is 4.47. The summed E-state index contributed by atoms with van der Waals surface area (Å²) in [7, 11) is -5.10. The van der Waals surface area contributed by atoms with E-state index in [1.165, 1.54) is 0 Å². The molecule has 0 saturated carbocycles. The first-order valence-electron chi connectivity index (χ1n) is 2.96. The van der Waals surface area contributed by atoms with Crippen LogP contribution in [0.4, 0.5) is 22.0 Å². The van der Waals surface area contributed by atoms with E-state index in [4.69, 9.17) is 4.55 Å². The third-order valence-corrected chi connectivity index (χ3v) is 2.00. The van der Waals surface area contributed by atoms with Crippen LogP contribution in [0.25, 0.3) is 0 Å². The number of alkyl halides is 5. The van der Waals surface area contributed by atoms with Crippen molar-refractivity contribution in [2.45, 2.75) is 24.6 Å². The average Bonchev–Trinajstić information content (AvgIpc) is 1.80. The van der Waals surface area contributed by atoms with Gasteiger partial charge < -0.3 is 0 Å². The Hall–Kier alpha value is -0.480. The van der Waals surface area contributed by atoms with E-state index in [-0.39, 0.29) is 0 Å². The van der Waals surface area contributed by atoms with Gasteiger partial charge in [-0.25, -0.2) is 0 Å². The maximum atomic E-state index is 12.0. The van der Waals surface area contributed by atoms with Crippen molar-refractivity contribution < 1.29 is 39.7 Å². The summed E-state index contributed by atoms with van der Waals surface area (Å²) in [5.74, 6) is 0. The van der Waals surface area contributed by atoms with E-state index >= 15 is 0 Å². The van der Waals surface area contributed by atoms with Crippen LogP contribution in [-0.2, 0) is 14.9 Å². The zero-order chi connectivity index (χ0) is 11.8. The Morgan fingerprint density at radius 1 is 1.21 bits per heavy atom.